The molecule has 1 aromatic heterocycles. The van der Waals surface area contributed by atoms with Gasteiger partial charge in [-0.15, -0.1) is 0 Å². The van der Waals surface area contributed by atoms with Gasteiger partial charge in [0, 0.05) is 37.6 Å². The van der Waals surface area contributed by atoms with E-state index in [0.717, 1.165) is 81.3 Å². The van der Waals surface area contributed by atoms with Crippen LogP contribution in [0.3, 0.4) is 0 Å². The van der Waals surface area contributed by atoms with E-state index in [1.807, 2.05) is 36.4 Å². The fourth-order valence-electron chi connectivity index (χ4n) is 5.73. The second-order valence-electron chi connectivity index (χ2n) is 10.2. The summed E-state index contributed by atoms with van der Waals surface area (Å²) in [5.74, 6) is 0.331. The highest BCUT2D eigenvalue weighted by atomic mass is 16.6. The molecule has 0 amide bonds. The molecule has 2 aromatic rings. The quantitative estimate of drug-likeness (QED) is 0.484. The van der Waals surface area contributed by atoms with Gasteiger partial charge in [-0.3, -0.25) is 0 Å². The second kappa shape index (κ2) is 10.7. The molecule has 1 N–H and O–H groups in total. The van der Waals surface area contributed by atoms with E-state index >= 15 is 0 Å². The predicted molar refractivity (Wildman–Crippen MR) is 127 cm³/mol. The van der Waals surface area contributed by atoms with Gasteiger partial charge in [0.15, 0.2) is 11.7 Å². The molecular weight excluding hydrogens is 414 g/mol. The first-order valence-corrected chi connectivity index (χ1v) is 12.6. The van der Waals surface area contributed by atoms with Crippen LogP contribution in [0.25, 0.3) is 0 Å². The maximum Gasteiger partial charge on any atom is 0.343 e. The van der Waals surface area contributed by atoms with Crippen LogP contribution in [0.5, 0.6) is 0 Å². The summed E-state index contributed by atoms with van der Waals surface area (Å²) in [7, 11) is 2.25. The number of rotatable bonds is 8. The molecule has 0 spiro atoms. The van der Waals surface area contributed by atoms with Gasteiger partial charge in [-0.25, -0.2) is 14.8 Å². The van der Waals surface area contributed by atoms with Gasteiger partial charge < -0.3 is 14.3 Å². The van der Waals surface area contributed by atoms with Crippen LogP contribution in [0.2, 0.25) is 0 Å². The van der Waals surface area contributed by atoms with Crippen LogP contribution in [0.1, 0.15) is 62.8 Å². The van der Waals surface area contributed by atoms with Gasteiger partial charge in [-0.1, -0.05) is 49.6 Å². The molecule has 1 aliphatic carbocycles. The molecule has 2 heterocycles. The number of nitrogens with zero attached hydrogens (tertiary/aromatic N) is 3. The number of ether oxygens (including phenoxy) is 1. The van der Waals surface area contributed by atoms with Crippen molar-refractivity contribution in [2.75, 3.05) is 26.7 Å². The molecule has 178 valence electrons. The molecular formula is C27H38N3O3+. The minimum atomic E-state index is -1.56. The first-order chi connectivity index (χ1) is 16.0. The van der Waals surface area contributed by atoms with Gasteiger partial charge in [0.25, 0.3) is 0 Å². The van der Waals surface area contributed by atoms with Crippen LogP contribution < -0.4 is 0 Å². The normalized spacial score (nSPS) is 25.8. The molecule has 0 bridgehead atoms. The number of carbonyl (C=O) groups excluding carboxylic acids is 1. The number of quaternary nitrogens is 1. The molecule has 2 fully saturated rings. The van der Waals surface area contributed by atoms with E-state index in [4.69, 9.17) is 4.74 Å². The zero-order chi connectivity index (χ0) is 23.2. The number of benzene rings is 1. The van der Waals surface area contributed by atoms with Crippen LogP contribution in [-0.2, 0) is 21.6 Å². The molecule has 0 radical (unpaired) electrons. The third-order valence-corrected chi connectivity index (χ3v) is 7.58. The third kappa shape index (κ3) is 5.79. The number of esters is 1. The summed E-state index contributed by atoms with van der Waals surface area (Å²) in [5.41, 5.74) is -0.898. The van der Waals surface area contributed by atoms with Gasteiger partial charge >= 0.3 is 5.97 Å². The summed E-state index contributed by atoms with van der Waals surface area (Å²) >= 11 is 0. The van der Waals surface area contributed by atoms with Crippen molar-refractivity contribution in [1.82, 2.24) is 9.97 Å². The Bertz CT molecular complexity index is 888. The third-order valence-electron chi connectivity index (χ3n) is 7.58. The number of hydrogen-bond acceptors (Lipinski definition) is 5. The average molecular weight is 453 g/mol. The Morgan fingerprint density at radius 3 is 2.52 bits per heavy atom. The van der Waals surface area contributed by atoms with Crippen molar-refractivity contribution >= 4 is 5.97 Å². The smallest absolute Gasteiger partial charge is 0.343 e. The largest absolute Gasteiger partial charge is 0.454 e. The zero-order valence-corrected chi connectivity index (χ0v) is 19.9. The number of aliphatic hydroxyl groups is 1. The number of aryl methyl sites for hydroxylation is 1. The highest BCUT2D eigenvalue weighted by Gasteiger charge is 2.48. The summed E-state index contributed by atoms with van der Waals surface area (Å²) in [4.78, 5) is 22.2. The van der Waals surface area contributed by atoms with Crippen molar-refractivity contribution in [2.24, 2.45) is 5.92 Å². The van der Waals surface area contributed by atoms with E-state index in [-0.39, 0.29) is 12.0 Å². The molecule has 1 saturated heterocycles. The lowest BCUT2D eigenvalue weighted by Gasteiger charge is -2.42. The lowest BCUT2D eigenvalue weighted by molar-refractivity contribution is -0.917. The molecule has 6 heteroatoms. The van der Waals surface area contributed by atoms with Crippen LogP contribution in [0, 0.1) is 5.92 Å². The Morgan fingerprint density at radius 1 is 1.06 bits per heavy atom. The van der Waals surface area contributed by atoms with Crippen LogP contribution in [0.4, 0.5) is 0 Å². The molecule has 33 heavy (non-hydrogen) atoms. The van der Waals surface area contributed by atoms with E-state index < -0.39 is 11.6 Å². The van der Waals surface area contributed by atoms with E-state index in [9.17, 15) is 9.90 Å². The first-order valence-electron chi connectivity index (χ1n) is 12.6. The highest BCUT2D eigenvalue weighted by Crippen LogP contribution is 2.41. The Morgan fingerprint density at radius 2 is 1.79 bits per heavy atom. The maximum absolute atomic E-state index is 13.5. The Kier molecular flexibility index (Phi) is 7.76. The number of aromatic nitrogens is 2. The Hall–Kier alpha value is -2.31. The summed E-state index contributed by atoms with van der Waals surface area (Å²) in [6, 6.07) is 11.3. The molecule has 2 aliphatic rings. The second-order valence-corrected chi connectivity index (χ2v) is 10.2. The van der Waals surface area contributed by atoms with Crippen molar-refractivity contribution in [1.29, 1.82) is 0 Å². The fourth-order valence-corrected chi connectivity index (χ4v) is 5.73. The van der Waals surface area contributed by atoms with Gasteiger partial charge in [-0.05, 0) is 30.9 Å². The zero-order valence-electron chi connectivity index (χ0n) is 19.9. The van der Waals surface area contributed by atoms with Crippen molar-refractivity contribution in [2.45, 2.75) is 69.5 Å². The van der Waals surface area contributed by atoms with Crippen molar-refractivity contribution in [3.8, 4) is 0 Å². The van der Waals surface area contributed by atoms with Gasteiger partial charge in [-0.2, -0.15) is 0 Å². The van der Waals surface area contributed by atoms with Crippen LogP contribution in [0.15, 0.2) is 48.8 Å². The predicted octanol–water partition coefficient (Wildman–Crippen LogP) is 4.03. The minimum absolute atomic E-state index is 0.0866. The Labute approximate surface area is 197 Å². The topological polar surface area (TPSA) is 72.3 Å². The van der Waals surface area contributed by atoms with E-state index in [1.165, 1.54) is 6.42 Å². The average Bonchev–Trinajstić information content (AvgIpc) is 2.85. The van der Waals surface area contributed by atoms with E-state index in [1.54, 1.807) is 12.4 Å². The van der Waals surface area contributed by atoms with Crippen LogP contribution in [-0.4, -0.2) is 58.3 Å². The molecule has 1 aromatic carbocycles. The Balaban J connectivity index is 1.41. The molecule has 1 aliphatic heterocycles. The lowest BCUT2D eigenvalue weighted by atomic mass is 9.73. The fraction of sp³-hybridized carbons (Fsp3) is 0.593. The monoisotopic (exact) mass is 452 g/mol. The van der Waals surface area contributed by atoms with E-state index in [2.05, 4.69) is 17.0 Å². The van der Waals surface area contributed by atoms with Gasteiger partial charge in [0.05, 0.1) is 20.1 Å². The van der Waals surface area contributed by atoms with Crippen LogP contribution >= 0.6 is 0 Å². The molecule has 6 nitrogen and oxygen atoms in total. The number of likely N-dealkylation sites (tertiary alicyclic amines) is 1. The standard InChI is InChI=1S/C27H38N3O3/c1-30(20-9-16-25-28-17-10-18-29-25)19-8-15-24(21-30)33-26(31)27(32,22-11-4-2-5-12-22)23-13-6-3-7-14-23/h2,4-5,10-12,17-18,23-24,32H,3,6-9,13-16,19-21H2,1H3/q+1/t24?,27-,30?/m0/s1. The van der Waals surface area contributed by atoms with Gasteiger partial charge in [0.2, 0.25) is 0 Å². The molecule has 3 atom stereocenters. The SMILES string of the molecule is C[N+]1(CCCc2ncccn2)CCCC(OC(=O)[C@](O)(c2ccccc2)C2CCCCC2)C1. The van der Waals surface area contributed by atoms with Gasteiger partial charge in [0.1, 0.15) is 12.4 Å². The highest BCUT2D eigenvalue weighted by molar-refractivity contribution is 5.81. The van der Waals surface area contributed by atoms with Crippen molar-refractivity contribution in [3.05, 3.63) is 60.2 Å². The van der Waals surface area contributed by atoms with Crippen molar-refractivity contribution < 1.29 is 19.1 Å². The maximum atomic E-state index is 13.5. The van der Waals surface area contributed by atoms with Crippen molar-refractivity contribution in [3.63, 3.8) is 0 Å². The summed E-state index contributed by atoms with van der Waals surface area (Å²) in [6.45, 7) is 2.87. The number of piperidine rings is 1. The number of likely N-dealkylation sites (N-methyl/N-ethyl adjacent to an activating group) is 1. The number of carbonyl (C=O) groups is 1. The van der Waals surface area contributed by atoms with E-state index in [0.29, 0.717) is 5.56 Å². The first kappa shape index (κ1) is 23.8. The lowest BCUT2D eigenvalue weighted by Crippen LogP contribution is -2.55. The molecule has 2 unspecified atom stereocenters. The summed E-state index contributed by atoms with van der Waals surface area (Å²) in [6.07, 6.45) is 12.1. The number of hydrogen-bond donors (Lipinski definition) is 1. The summed E-state index contributed by atoms with van der Waals surface area (Å²) < 4.78 is 6.97. The molecule has 1 saturated carbocycles. The molecule has 4 rings (SSSR count). The minimum Gasteiger partial charge on any atom is -0.454 e. The summed E-state index contributed by atoms with van der Waals surface area (Å²) in [5, 5.41) is 11.8.